The fourth-order valence-corrected chi connectivity index (χ4v) is 1.74. The van der Waals surface area contributed by atoms with Gasteiger partial charge in [-0.1, -0.05) is 23.8 Å². The van der Waals surface area contributed by atoms with Crippen molar-refractivity contribution in [2.45, 2.75) is 25.3 Å². The monoisotopic (exact) mass is 206 g/mol. The van der Waals surface area contributed by atoms with Crippen molar-refractivity contribution in [2.24, 2.45) is 5.73 Å². The molecule has 1 atom stereocenters. The molecule has 1 unspecified atom stereocenters. The summed E-state index contributed by atoms with van der Waals surface area (Å²) in [6.07, 6.45) is 13.6. The number of rotatable bonds is 4. The molecule has 2 aliphatic rings. The van der Waals surface area contributed by atoms with Crippen LogP contribution in [0.25, 0.3) is 0 Å². The molecule has 15 heavy (non-hydrogen) atoms. The van der Waals surface area contributed by atoms with Gasteiger partial charge in [0.05, 0.1) is 0 Å². The summed E-state index contributed by atoms with van der Waals surface area (Å²) in [5.41, 5.74) is 13.1. The van der Waals surface area contributed by atoms with Gasteiger partial charge in [0.15, 0.2) is 0 Å². The molecule has 0 bridgehead atoms. The molecule has 0 radical (unpaired) electrons. The highest BCUT2D eigenvalue weighted by atomic mass is 15.7. The van der Waals surface area contributed by atoms with Gasteiger partial charge in [0.2, 0.25) is 0 Å². The van der Waals surface area contributed by atoms with E-state index in [4.69, 9.17) is 5.73 Å². The summed E-state index contributed by atoms with van der Waals surface area (Å²) in [7, 11) is 0. The second kappa shape index (κ2) is 5.00. The topological polar surface area (TPSA) is 53.3 Å². The number of nitrogens with one attached hydrogen (secondary N) is 2. The van der Waals surface area contributed by atoms with Crippen LogP contribution in [-0.4, -0.2) is 17.6 Å². The third-order valence-corrected chi connectivity index (χ3v) is 2.62. The summed E-state index contributed by atoms with van der Waals surface area (Å²) in [5, 5.41) is 2.04. The molecule has 0 aromatic rings. The Kier molecular flexibility index (Phi) is 3.42. The molecule has 82 valence electrons. The van der Waals surface area contributed by atoms with E-state index in [1.54, 1.807) is 0 Å². The second-order valence-corrected chi connectivity index (χ2v) is 3.91. The molecule has 4 heteroatoms. The Morgan fingerprint density at radius 1 is 1.53 bits per heavy atom. The van der Waals surface area contributed by atoms with Crippen LogP contribution in [0.4, 0.5) is 0 Å². The number of allylic oxidation sites excluding steroid dienone is 2. The van der Waals surface area contributed by atoms with Crippen LogP contribution in [0, 0.1) is 0 Å². The maximum absolute atomic E-state index is 5.76. The van der Waals surface area contributed by atoms with Gasteiger partial charge in [-0.15, -0.1) is 5.53 Å². The summed E-state index contributed by atoms with van der Waals surface area (Å²) in [5.74, 6) is 0. The molecule has 1 aliphatic carbocycles. The molecular formula is C11H18N4. The first-order valence-electron chi connectivity index (χ1n) is 5.42. The quantitative estimate of drug-likeness (QED) is 0.636. The summed E-state index contributed by atoms with van der Waals surface area (Å²) in [6, 6.07) is 0.223. The lowest BCUT2D eigenvalue weighted by Crippen LogP contribution is -2.35. The maximum atomic E-state index is 5.76. The summed E-state index contributed by atoms with van der Waals surface area (Å²) >= 11 is 0. The van der Waals surface area contributed by atoms with Gasteiger partial charge in [0.1, 0.15) is 0 Å². The van der Waals surface area contributed by atoms with Gasteiger partial charge in [-0.05, 0) is 19.3 Å². The Labute approximate surface area is 90.4 Å². The van der Waals surface area contributed by atoms with Crippen molar-refractivity contribution in [3.05, 3.63) is 36.2 Å². The first kappa shape index (κ1) is 10.3. The van der Waals surface area contributed by atoms with Crippen molar-refractivity contribution in [1.29, 1.82) is 0 Å². The van der Waals surface area contributed by atoms with E-state index in [0.29, 0.717) is 0 Å². The fourth-order valence-electron chi connectivity index (χ4n) is 1.74. The van der Waals surface area contributed by atoms with Crippen LogP contribution in [-0.2, 0) is 0 Å². The molecule has 0 spiro atoms. The van der Waals surface area contributed by atoms with Crippen molar-refractivity contribution in [2.75, 3.05) is 6.54 Å². The highest BCUT2D eigenvalue weighted by Crippen LogP contribution is 2.14. The molecule has 0 saturated carbocycles. The molecule has 1 aliphatic heterocycles. The van der Waals surface area contributed by atoms with E-state index < -0.39 is 0 Å². The third kappa shape index (κ3) is 3.11. The fraction of sp³-hybridized carbons (Fsp3) is 0.455. The van der Waals surface area contributed by atoms with Crippen molar-refractivity contribution >= 4 is 0 Å². The molecule has 1 heterocycles. The summed E-state index contributed by atoms with van der Waals surface area (Å²) < 4.78 is 0. The van der Waals surface area contributed by atoms with E-state index >= 15 is 0 Å². The minimum Gasteiger partial charge on any atom is -0.324 e. The van der Waals surface area contributed by atoms with Crippen molar-refractivity contribution < 1.29 is 0 Å². The smallest absolute Gasteiger partial charge is 0.0359 e. The molecule has 0 amide bonds. The average molecular weight is 206 g/mol. The third-order valence-electron chi connectivity index (χ3n) is 2.62. The zero-order valence-electron chi connectivity index (χ0n) is 8.82. The van der Waals surface area contributed by atoms with Gasteiger partial charge in [-0.3, -0.25) is 5.01 Å². The van der Waals surface area contributed by atoms with Crippen LogP contribution in [0.1, 0.15) is 19.3 Å². The second-order valence-electron chi connectivity index (χ2n) is 3.91. The lowest BCUT2D eigenvalue weighted by Gasteiger charge is -2.16. The van der Waals surface area contributed by atoms with Crippen molar-refractivity contribution in [3.8, 4) is 0 Å². The normalized spacial score (nSPS) is 24.2. The molecule has 2 rings (SSSR count). The van der Waals surface area contributed by atoms with E-state index in [0.717, 1.165) is 25.8 Å². The Morgan fingerprint density at radius 3 is 3.13 bits per heavy atom. The molecule has 0 fully saturated rings. The van der Waals surface area contributed by atoms with Crippen LogP contribution in [0.15, 0.2) is 36.2 Å². The molecule has 4 nitrogen and oxygen atoms in total. The molecule has 0 aromatic heterocycles. The Morgan fingerprint density at radius 2 is 2.47 bits per heavy atom. The van der Waals surface area contributed by atoms with Crippen LogP contribution in [0.5, 0.6) is 0 Å². The summed E-state index contributed by atoms with van der Waals surface area (Å²) in [4.78, 5) is 0. The van der Waals surface area contributed by atoms with E-state index in [1.807, 2.05) is 17.4 Å². The van der Waals surface area contributed by atoms with Gasteiger partial charge < -0.3 is 11.2 Å². The van der Waals surface area contributed by atoms with E-state index in [9.17, 15) is 0 Å². The van der Waals surface area contributed by atoms with E-state index in [-0.39, 0.29) is 6.04 Å². The van der Waals surface area contributed by atoms with Gasteiger partial charge in [-0.2, -0.15) is 0 Å². The average Bonchev–Trinajstić information content (AvgIpc) is 2.74. The first-order valence-corrected chi connectivity index (χ1v) is 5.42. The van der Waals surface area contributed by atoms with Gasteiger partial charge in [0.25, 0.3) is 0 Å². The van der Waals surface area contributed by atoms with Gasteiger partial charge >= 0.3 is 0 Å². The number of hydrazine groups is 2. The highest BCUT2D eigenvalue weighted by Gasteiger charge is 2.05. The largest absolute Gasteiger partial charge is 0.324 e. The first-order chi connectivity index (χ1) is 7.34. The number of nitrogens with two attached hydrogens (primary N) is 1. The minimum absolute atomic E-state index is 0.223. The summed E-state index contributed by atoms with van der Waals surface area (Å²) in [6.45, 7) is 1.01. The van der Waals surface area contributed by atoms with E-state index in [1.165, 1.54) is 5.57 Å². The Balaban J connectivity index is 1.66. The van der Waals surface area contributed by atoms with Crippen LogP contribution >= 0.6 is 0 Å². The Hall–Kier alpha value is -1.26. The lowest BCUT2D eigenvalue weighted by molar-refractivity contribution is 0.269. The zero-order chi connectivity index (χ0) is 10.5. The molecular weight excluding hydrogens is 188 g/mol. The SMILES string of the molecule is NC1C=CC(CCCN2C=CNN2)=CC1. The molecule has 4 N–H and O–H groups in total. The van der Waals surface area contributed by atoms with Crippen LogP contribution in [0.3, 0.4) is 0 Å². The zero-order valence-corrected chi connectivity index (χ0v) is 8.82. The Bertz CT molecular complexity index is 293. The molecule has 0 saturated heterocycles. The predicted octanol–water partition coefficient (Wildman–Crippen LogP) is 0.776. The van der Waals surface area contributed by atoms with Crippen LogP contribution < -0.4 is 16.7 Å². The van der Waals surface area contributed by atoms with E-state index in [2.05, 4.69) is 29.2 Å². The number of hydrogen-bond acceptors (Lipinski definition) is 4. The van der Waals surface area contributed by atoms with Crippen molar-refractivity contribution in [3.63, 3.8) is 0 Å². The number of nitrogens with zero attached hydrogens (tertiary/aromatic N) is 1. The standard InChI is InChI=1S/C11H18N4/c12-11-5-3-10(4-6-11)2-1-8-15-9-7-13-14-15/h3-5,7,9,11,13-14H,1-2,6,8,12H2. The van der Waals surface area contributed by atoms with Crippen molar-refractivity contribution in [1.82, 2.24) is 16.0 Å². The molecule has 0 aromatic carbocycles. The highest BCUT2D eigenvalue weighted by molar-refractivity contribution is 5.24. The lowest BCUT2D eigenvalue weighted by atomic mass is 10.0. The van der Waals surface area contributed by atoms with Crippen LogP contribution in [0.2, 0.25) is 0 Å². The van der Waals surface area contributed by atoms with Gasteiger partial charge in [-0.25, -0.2) is 0 Å². The predicted molar refractivity (Wildman–Crippen MR) is 61.2 cm³/mol. The number of hydrogen-bond donors (Lipinski definition) is 3. The van der Waals surface area contributed by atoms with Gasteiger partial charge in [0, 0.05) is 25.0 Å². The minimum atomic E-state index is 0.223. The maximum Gasteiger partial charge on any atom is 0.0359 e.